The molecule has 7 heteroatoms. The van der Waals surface area contributed by atoms with Gasteiger partial charge in [-0.25, -0.2) is 0 Å². The Morgan fingerprint density at radius 2 is 1.88 bits per heavy atom. The lowest BCUT2D eigenvalue weighted by Gasteiger charge is -2.29. The van der Waals surface area contributed by atoms with Crippen LogP contribution < -0.4 is 19.7 Å². The number of hydrogen-bond acceptors (Lipinski definition) is 4. The lowest BCUT2D eigenvalue weighted by molar-refractivity contribution is 0.403. The van der Waals surface area contributed by atoms with Crippen LogP contribution in [0.15, 0.2) is 48.7 Å². The van der Waals surface area contributed by atoms with Gasteiger partial charge in [0.15, 0.2) is 5.11 Å². The second kappa shape index (κ2) is 8.13. The fourth-order valence-corrected chi connectivity index (χ4v) is 5.25. The lowest BCUT2D eigenvalue weighted by Crippen LogP contribution is -2.30. The average molecular weight is 449 g/mol. The molecular weight excluding hydrogens is 420 g/mol. The summed E-state index contributed by atoms with van der Waals surface area (Å²) < 4.78 is 13.7. The van der Waals surface area contributed by atoms with Crippen LogP contribution in [0.4, 0.5) is 5.69 Å². The first-order chi connectivity index (χ1) is 15.5. The summed E-state index contributed by atoms with van der Waals surface area (Å²) in [5.41, 5.74) is 5.66. The summed E-state index contributed by atoms with van der Waals surface area (Å²) in [6.07, 6.45) is 4.32. The molecule has 1 N–H and O–H groups in total. The molecule has 0 spiro atoms. The molecule has 1 aliphatic carbocycles. The predicted octanol–water partition coefficient (Wildman–Crippen LogP) is 5.03. The minimum absolute atomic E-state index is 0.0721. The van der Waals surface area contributed by atoms with E-state index < -0.39 is 0 Å². The minimum Gasteiger partial charge on any atom is -0.497 e. The Balaban J connectivity index is 1.69. The number of methoxy groups -OCH3 is 2. The molecule has 3 heterocycles. The zero-order valence-electron chi connectivity index (χ0n) is 18.8. The topological polar surface area (TPSA) is 51.6 Å². The molecule has 6 nitrogen and oxygen atoms in total. The standard InChI is InChI=1S/C25H28N4O2S/c1-15-13-19(16(2)28(15)17-8-9-17)24-23(20-7-5-6-12-26-20)27-25(32)29(24)21-14-18(30-3)10-11-22(21)31-4/h5-7,10-14,17,23-24H,8-9H2,1-4H3,(H,27,32). The lowest BCUT2D eigenvalue weighted by atomic mass is 9.96. The van der Waals surface area contributed by atoms with Crippen molar-refractivity contribution in [1.82, 2.24) is 14.9 Å². The van der Waals surface area contributed by atoms with Gasteiger partial charge in [-0.05, 0) is 74.8 Å². The van der Waals surface area contributed by atoms with Gasteiger partial charge in [-0.15, -0.1) is 0 Å². The van der Waals surface area contributed by atoms with Crippen molar-refractivity contribution in [3.63, 3.8) is 0 Å². The highest BCUT2D eigenvalue weighted by Gasteiger charge is 2.44. The van der Waals surface area contributed by atoms with E-state index in [2.05, 4.69) is 45.7 Å². The monoisotopic (exact) mass is 448 g/mol. The number of nitrogens with one attached hydrogen (secondary N) is 1. The van der Waals surface area contributed by atoms with Crippen LogP contribution in [0.1, 0.15) is 53.6 Å². The molecule has 1 saturated carbocycles. The number of aryl methyl sites for hydroxylation is 1. The molecule has 0 amide bonds. The number of anilines is 1. The number of ether oxygens (including phenoxy) is 2. The van der Waals surface area contributed by atoms with Crippen molar-refractivity contribution < 1.29 is 9.47 Å². The molecule has 1 saturated heterocycles. The molecule has 0 radical (unpaired) electrons. The summed E-state index contributed by atoms with van der Waals surface area (Å²) in [7, 11) is 3.35. The van der Waals surface area contributed by atoms with Crippen molar-refractivity contribution in [2.75, 3.05) is 19.1 Å². The maximum Gasteiger partial charge on any atom is 0.174 e. The van der Waals surface area contributed by atoms with Gasteiger partial charge in [0.25, 0.3) is 0 Å². The number of hydrogen-bond donors (Lipinski definition) is 1. The highest BCUT2D eigenvalue weighted by atomic mass is 32.1. The molecule has 32 heavy (non-hydrogen) atoms. The molecular formula is C25H28N4O2S. The molecule has 1 aliphatic heterocycles. The highest BCUT2D eigenvalue weighted by Crippen LogP contribution is 2.48. The Kier molecular flexibility index (Phi) is 5.29. The van der Waals surface area contributed by atoms with Gasteiger partial charge in [-0.3, -0.25) is 4.98 Å². The zero-order chi connectivity index (χ0) is 22.4. The predicted molar refractivity (Wildman–Crippen MR) is 130 cm³/mol. The summed E-state index contributed by atoms with van der Waals surface area (Å²) in [5.74, 6) is 1.50. The summed E-state index contributed by atoms with van der Waals surface area (Å²) in [6.45, 7) is 4.42. The van der Waals surface area contributed by atoms with E-state index in [-0.39, 0.29) is 12.1 Å². The minimum atomic E-state index is -0.0900. The molecule has 0 bridgehead atoms. The Hall–Kier alpha value is -3.06. The van der Waals surface area contributed by atoms with E-state index in [1.54, 1.807) is 14.2 Å². The first-order valence-corrected chi connectivity index (χ1v) is 11.3. The third kappa shape index (κ3) is 3.41. The second-order valence-electron chi connectivity index (χ2n) is 8.46. The fraction of sp³-hybridized carbons (Fsp3) is 0.360. The zero-order valence-corrected chi connectivity index (χ0v) is 19.6. The largest absolute Gasteiger partial charge is 0.497 e. The van der Waals surface area contributed by atoms with E-state index in [0.717, 1.165) is 22.9 Å². The van der Waals surface area contributed by atoms with Gasteiger partial charge in [0, 0.05) is 29.7 Å². The number of benzene rings is 1. The van der Waals surface area contributed by atoms with Crippen LogP contribution in [-0.2, 0) is 0 Å². The van der Waals surface area contributed by atoms with Gasteiger partial charge >= 0.3 is 0 Å². The van der Waals surface area contributed by atoms with E-state index in [1.165, 1.54) is 29.8 Å². The first-order valence-electron chi connectivity index (χ1n) is 10.9. The van der Waals surface area contributed by atoms with E-state index >= 15 is 0 Å². The van der Waals surface area contributed by atoms with Crippen molar-refractivity contribution >= 4 is 23.0 Å². The average Bonchev–Trinajstić information content (AvgIpc) is 3.52. The van der Waals surface area contributed by atoms with Crippen molar-refractivity contribution in [3.05, 3.63) is 71.3 Å². The highest BCUT2D eigenvalue weighted by molar-refractivity contribution is 7.80. The van der Waals surface area contributed by atoms with Gasteiger partial charge in [0.2, 0.25) is 0 Å². The third-order valence-corrected chi connectivity index (χ3v) is 6.81. The summed E-state index contributed by atoms with van der Waals surface area (Å²) in [5, 5.41) is 4.19. The summed E-state index contributed by atoms with van der Waals surface area (Å²) in [4.78, 5) is 6.83. The number of rotatable bonds is 6. The molecule has 166 valence electrons. The van der Waals surface area contributed by atoms with Gasteiger partial charge in [-0.2, -0.15) is 0 Å². The van der Waals surface area contributed by atoms with Crippen molar-refractivity contribution in [3.8, 4) is 11.5 Å². The number of aromatic nitrogens is 2. The van der Waals surface area contributed by atoms with E-state index in [1.807, 2.05) is 36.5 Å². The van der Waals surface area contributed by atoms with Gasteiger partial charge < -0.3 is 24.3 Å². The summed E-state index contributed by atoms with van der Waals surface area (Å²) >= 11 is 5.89. The van der Waals surface area contributed by atoms with Crippen LogP contribution in [-0.4, -0.2) is 28.9 Å². The van der Waals surface area contributed by atoms with Crippen LogP contribution in [0.25, 0.3) is 0 Å². The van der Waals surface area contributed by atoms with Crippen molar-refractivity contribution in [1.29, 1.82) is 0 Å². The normalized spacial score (nSPS) is 20.4. The van der Waals surface area contributed by atoms with Crippen molar-refractivity contribution in [2.24, 2.45) is 0 Å². The molecule has 2 unspecified atom stereocenters. The first kappa shape index (κ1) is 20.8. The second-order valence-corrected chi connectivity index (χ2v) is 8.85. The molecule has 2 atom stereocenters. The van der Waals surface area contributed by atoms with E-state index in [9.17, 15) is 0 Å². The van der Waals surface area contributed by atoms with E-state index in [0.29, 0.717) is 11.2 Å². The van der Waals surface area contributed by atoms with Gasteiger partial charge in [-0.1, -0.05) is 6.07 Å². The van der Waals surface area contributed by atoms with Crippen LogP contribution in [0.3, 0.4) is 0 Å². The number of pyridine rings is 1. The van der Waals surface area contributed by atoms with Crippen molar-refractivity contribution in [2.45, 2.75) is 44.8 Å². The smallest absolute Gasteiger partial charge is 0.174 e. The Bertz CT molecular complexity index is 1160. The molecule has 3 aromatic rings. The summed E-state index contributed by atoms with van der Waals surface area (Å²) in [6, 6.07) is 14.6. The van der Waals surface area contributed by atoms with Gasteiger partial charge in [0.05, 0.1) is 37.7 Å². The molecule has 2 aliphatic rings. The Morgan fingerprint density at radius 3 is 2.53 bits per heavy atom. The van der Waals surface area contributed by atoms with Crippen LogP contribution in [0.5, 0.6) is 11.5 Å². The molecule has 2 fully saturated rings. The maximum absolute atomic E-state index is 5.89. The molecule has 2 aromatic heterocycles. The molecule has 5 rings (SSSR count). The van der Waals surface area contributed by atoms with Gasteiger partial charge in [0.1, 0.15) is 11.5 Å². The quantitative estimate of drug-likeness (QED) is 0.534. The van der Waals surface area contributed by atoms with Crippen LogP contribution in [0.2, 0.25) is 0 Å². The SMILES string of the molecule is COc1ccc(OC)c(N2C(=S)NC(c3ccccn3)C2c2cc(C)n(C3CC3)c2C)c1. The molecule has 1 aromatic carbocycles. The van der Waals surface area contributed by atoms with E-state index in [4.69, 9.17) is 21.7 Å². The maximum atomic E-state index is 5.89. The van der Waals surface area contributed by atoms with Crippen LogP contribution >= 0.6 is 12.2 Å². The number of nitrogens with zero attached hydrogens (tertiary/aromatic N) is 3. The number of thiocarbonyl (C=S) groups is 1. The fourth-order valence-electron chi connectivity index (χ4n) is 4.91. The third-order valence-electron chi connectivity index (χ3n) is 6.50. The Labute approximate surface area is 194 Å². The Morgan fingerprint density at radius 1 is 1.06 bits per heavy atom. The van der Waals surface area contributed by atoms with Crippen LogP contribution in [0, 0.1) is 13.8 Å².